The average Bonchev–Trinajstić information content (AvgIpc) is 2.46. The number of nitrogens with two attached hydrogens (primary N) is 1. The van der Waals surface area contributed by atoms with Gasteiger partial charge in [-0.3, -0.25) is 4.79 Å². The summed E-state index contributed by atoms with van der Waals surface area (Å²) >= 11 is 0. The minimum atomic E-state index is 0.0322. The lowest BCUT2D eigenvalue weighted by molar-refractivity contribution is -0.115. The molecule has 0 bridgehead atoms. The smallest absolute Gasteiger partial charge is 0.243 e. The van der Waals surface area contributed by atoms with Gasteiger partial charge in [0.2, 0.25) is 5.91 Å². The number of amides is 1. The van der Waals surface area contributed by atoms with Gasteiger partial charge in [-0.05, 0) is 30.2 Å². The molecule has 1 aliphatic rings. The first-order valence-electron chi connectivity index (χ1n) is 6.71. The number of rotatable bonds is 3. The maximum atomic E-state index is 11.7. The second-order valence-corrected chi connectivity index (χ2v) is 4.94. The molecule has 2 aromatic carbocycles. The van der Waals surface area contributed by atoms with Crippen LogP contribution in [0.3, 0.4) is 0 Å². The zero-order valence-electron chi connectivity index (χ0n) is 11.2. The number of para-hydroxylation sites is 3. The van der Waals surface area contributed by atoms with E-state index in [1.54, 1.807) is 0 Å². The standard InChI is InChI=1S/C16H17N3O/c17-13-6-2-1-5-12(13)9-10-19-11-16(20)18-14-7-3-4-8-15(14)19/h1-8H,9-11,17H2,(H,18,20). The molecule has 0 spiro atoms. The van der Waals surface area contributed by atoms with Gasteiger partial charge in [0.25, 0.3) is 0 Å². The van der Waals surface area contributed by atoms with Crippen molar-refractivity contribution in [2.24, 2.45) is 0 Å². The number of carbonyl (C=O) groups excluding carboxylic acids is 1. The Morgan fingerprint density at radius 1 is 1.10 bits per heavy atom. The highest BCUT2D eigenvalue weighted by Gasteiger charge is 2.21. The maximum absolute atomic E-state index is 11.7. The van der Waals surface area contributed by atoms with Crippen LogP contribution >= 0.6 is 0 Å². The fourth-order valence-corrected chi connectivity index (χ4v) is 2.52. The van der Waals surface area contributed by atoms with Crippen molar-refractivity contribution >= 4 is 23.0 Å². The number of anilines is 3. The zero-order valence-corrected chi connectivity index (χ0v) is 11.2. The first kappa shape index (κ1) is 12.5. The third-order valence-corrected chi connectivity index (χ3v) is 3.56. The molecule has 0 radical (unpaired) electrons. The molecule has 3 rings (SSSR count). The van der Waals surface area contributed by atoms with Gasteiger partial charge in [-0.25, -0.2) is 0 Å². The molecular formula is C16H17N3O. The van der Waals surface area contributed by atoms with Crippen LogP contribution in [0.2, 0.25) is 0 Å². The SMILES string of the molecule is Nc1ccccc1CCN1CC(=O)Nc2ccccc21. The Bertz CT molecular complexity index is 639. The second kappa shape index (κ2) is 5.25. The van der Waals surface area contributed by atoms with E-state index in [0.29, 0.717) is 6.54 Å². The molecular weight excluding hydrogens is 250 g/mol. The van der Waals surface area contributed by atoms with Crippen LogP contribution in [0.4, 0.5) is 17.1 Å². The van der Waals surface area contributed by atoms with Crippen LogP contribution in [-0.2, 0) is 11.2 Å². The summed E-state index contributed by atoms with van der Waals surface area (Å²) in [6, 6.07) is 15.7. The largest absolute Gasteiger partial charge is 0.399 e. The van der Waals surface area contributed by atoms with Crippen molar-refractivity contribution in [3.8, 4) is 0 Å². The highest BCUT2D eigenvalue weighted by molar-refractivity contribution is 6.01. The third-order valence-electron chi connectivity index (χ3n) is 3.56. The molecule has 1 aliphatic heterocycles. The fraction of sp³-hybridized carbons (Fsp3) is 0.188. The molecule has 4 heteroatoms. The van der Waals surface area contributed by atoms with Crippen LogP contribution in [-0.4, -0.2) is 19.0 Å². The Hall–Kier alpha value is -2.49. The molecule has 2 aromatic rings. The van der Waals surface area contributed by atoms with E-state index in [0.717, 1.165) is 35.6 Å². The van der Waals surface area contributed by atoms with Crippen LogP contribution in [0.25, 0.3) is 0 Å². The monoisotopic (exact) mass is 267 g/mol. The first-order valence-corrected chi connectivity index (χ1v) is 6.71. The summed E-state index contributed by atoms with van der Waals surface area (Å²) in [5.74, 6) is 0.0322. The van der Waals surface area contributed by atoms with E-state index in [2.05, 4.69) is 10.2 Å². The molecule has 102 valence electrons. The molecule has 0 unspecified atom stereocenters. The number of carbonyl (C=O) groups is 1. The number of hydrogen-bond donors (Lipinski definition) is 2. The molecule has 0 fully saturated rings. The maximum Gasteiger partial charge on any atom is 0.243 e. The van der Waals surface area contributed by atoms with Gasteiger partial charge in [-0.15, -0.1) is 0 Å². The van der Waals surface area contributed by atoms with Gasteiger partial charge in [0.05, 0.1) is 17.9 Å². The van der Waals surface area contributed by atoms with Crippen LogP contribution in [0.1, 0.15) is 5.56 Å². The number of nitrogens with one attached hydrogen (secondary N) is 1. The Morgan fingerprint density at radius 2 is 1.85 bits per heavy atom. The summed E-state index contributed by atoms with van der Waals surface area (Å²) in [6.45, 7) is 1.17. The third kappa shape index (κ3) is 2.45. The number of nitrogen functional groups attached to an aromatic ring is 1. The Kier molecular flexibility index (Phi) is 3.29. The van der Waals surface area contributed by atoms with E-state index in [-0.39, 0.29) is 5.91 Å². The lowest BCUT2D eigenvalue weighted by Crippen LogP contribution is -2.39. The molecule has 0 atom stereocenters. The predicted octanol–water partition coefficient (Wildman–Crippen LogP) is 2.27. The van der Waals surface area contributed by atoms with Crippen LogP contribution in [0, 0.1) is 0 Å². The van der Waals surface area contributed by atoms with Gasteiger partial charge >= 0.3 is 0 Å². The predicted molar refractivity (Wildman–Crippen MR) is 81.8 cm³/mol. The number of nitrogens with zero attached hydrogens (tertiary/aromatic N) is 1. The topological polar surface area (TPSA) is 58.4 Å². The zero-order chi connectivity index (χ0) is 13.9. The number of hydrogen-bond acceptors (Lipinski definition) is 3. The Labute approximate surface area is 118 Å². The summed E-state index contributed by atoms with van der Waals surface area (Å²) in [7, 11) is 0. The summed E-state index contributed by atoms with van der Waals surface area (Å²) < 4.78 is 0. The Balaban J connectivity index is 1.78. The number of fused-ring (bicyclic) bond motifs is 1. The van der Waals surface area contributed by atoms with Crippen molar-refractivity contribution in [3.63, 3.8) is 0 Å². The molecule has 20 heavy (non-hydrogen) atoms. The van der Waals surface area contributed by atoms with Gasteiger partial charge in [0.15, 0.2) is 0 Å². The van der Waals surface area contributed by atoms with Crippen LogP contribution in [0.15, 0.2) is 48.5 Å². The Morgan fingerprint density at radius 3 is 2.70 bits per heavy atom. The van der Waals surface area contributed by atoms with Crippen LogP contribution in [0.5, 0.6) is 0 Å². The number of benzene rings is 2. The van der Waals surface area contributed by atoms with Crippen molar-refractivity contribution in [3.05, 3.63) is 54.1 Å². The van der Waals surface area contributed by atoms with Crippen molar-refractivity contribution in [2.75, 3.05) is 29.0 Å². The molecule has 4 nitrogen and oxygen atoms in total. The van der Waals surface area contributed by atoms with Gasteiger partial charge in [-0.1, -0.05) is 30.3 Å². The van der Waals surface area contributed by atoms with Gasteiger partial charge < -0.3 is 16.0 Å². The van der Waals surface area contributed by atoms with E-state index in [1.165, 1.54) is 0 Å². The van der Waals surface area contributed by atoms with Crippen molar-refractivity contribution in [1.82, 2.24) is 0 Å². The summed E-state index contributed by atoms with van der Waals surface area (Å²) in [4.78, 5) is 13.8. The minimum Gasteiger partial charge on any atom is -0.399 e. The van der Waals surface area contributed by atoms with E-state index >= 15 is 0 Å². The van der Waals surface area contributed by atoms with Crippen molar-refractivity contribution in [1.29, 1.82) is 0 Å². The van der Waals surface area contributed by atoms with Crippen molar-refractivity contribution < 1.29 is 4.79 Å². The van der Waals surface area contributed by atoms with Gasteiger partial charge in [0.1, 0.15) is 0 Å². The van der Waals surface area contributed by atoms with E-state index in [1.807, 2.05) is 48.5 Å². The first-order chi connectivity index (χ1) is 9.74. The quantitative estimate of drug-likeness (QED) is 0.839. The highest BCUT2D eigenvalue weighted by Crippen LogP contribution is 2.29. The highest BCUT2D eigenvalue weighted by atomic mass is 16.2. The van der Waals surface area contributed by atoms with E-state index in [4.69, 9.17) is 5.73 Å². The minimum absolute atomic E-state index is 0.0322. The molecule has 0 aromatic heterocycles. The lowest BCUT2D eigenvalue weighted by atomic mass is 10.1. The van der Waals surface area contributed by atoms with Crippen LogP contribution < -0.4 is 16.0 Å². The molecule has 0 aliphatic carbocycles. The van der Waals surface area contributed by atoms with Crippen molar-refractivity contribution in [2.45, 2.75) is 6.42 Å². The molecule has 0 saturated heterocycles. The van der Waals surface area contributed by atoms with Gasteiger partial charge in [0, 0.05) is 12.2 Å². The van der Waals surface area contributed by atoms with Gasteiger partial charge in [-0.2, -0.15) is 0 Å². The summed E-state index contributed by atoms with van der Waals surface area (Å²) in [5.41, 5.74) is 9.84. The second-order valence-electron chi connectivity index (χ2n) is 4.94. The van der Waals surface area contributed by atoms with E-state index < -0.39 is 0 Å². The molecule has 1 amide bonds. The normalized spacial score (nSPS) is 13.8. The van der Waals surface area contributed by atoms with E-state index in [9.17, 15) is 4.79 Å². The summed E-state index contributed by atoms with van der Waals surface area (Å²) in [6.07, 6.45) is 0.828. The average molecular weight is 267 g/mol. The molecule has 1 heterocycles. The summed E-state index contributed by atoms with van der Waals surface area (Å²) in [5, 5.41) is 2.89. The lowest BCUT2D eigenvalue weighted by Gasteiger charge is -2.31. The molecule has 3 N–H and O–H groups in total. The molecule has 0 saturated carbocycles. The fourth-order valence-electron chi connectivity index (χ4n) is 2.52.